The zero-order chi connectivity index (χ0) is 15.1. The summed E-state index contributed by atoms with van der Waals surface area (Å²) in [6.07, 6.45) is 3.22. The molecule has 1 heterocycles. The van der Waals surface area contributed by atoms with Gasteiger partial charge in [-0.05, 0) is 36.8 Å². The highest BCUT2D eigenvalue weighted by molar-refractivity contribution is 7.09. The van der Waals surface area contributed by atoms with Gasteiger partial charge < -0.3 is 5.32 Å². The Morgan fingerprint density at radius 2 is 2.18 bits per heavy atom. The van der Waals surface area contributed by atoms with Crippen LogP contribution in [0.25, 0.3) is 0 Å². The molecule has 3 nitrogen and oxygen atoms in total. The number of amides is 1. The molecule has 2 saturated carbocycles. The number of hydrogen-bond acceptors (Lipinski definition) is 3. The van der Waals surface area contributed by atoms with Crippen LogP contribution in [0, 0.1) is 11.7 Å². The van der Waals surface area contributed by atoms with Crippen LogP contribution < -0.4 is 5.32 Å². The maximum absolute atomic E-state index is 13.7. The average Bonchev–Trinajstić information content (AvgIpc) is 3.44. The molecule has 0 radical (unpaired) electrons. The van der Waals surface area contributed by atoms with Crippen molar-refractivity contribution in [3.63, 3.8) is 0 Å². The largest absolute Gasteiger partial charge is 0.350 e. The van der Waals surface area contributed by atoms with Crippen LogP contribution in [0.4, 0.5) is 4.39 Å². The van der Waals surface area contributed by atoms with E-state index in [0.29, 0.717) is 18.0 Å². The number of hydrogen-bond donors (Lipinski definition) is 1. The highest BCUT2D eigenvalue weighted by Crippen LogP contribution is 2.48. The van der Waals surface area contributed by atoms with Crippen molar-refractivity contribution in [1.82, 2.24) is 10.3 Å². The van der Waals surface area contributed by atoms with Gasteiger partial charge in [0.2, 0.25) is 5.91 Å². The average molecular weight is 316 g/mol. The fourth-order valence-corrected chi connectivity index (χ4v) is 3.83. The number of carbonyl (C=O) groups is 1. The van der Waals surface area contributed by atoms with Crippen LogP contribution in [0.1, 0.15) is 47.4 Å². The van der Waals surface area contributed by atoms with E-state index in [1.54, 1.807) is 23.5 Å². The molecule has 1 aromatic carbocycles. The third kappa shape index (κ3) is 2.77. The van der Waals surface area contributed by atoms with Crippen molar-refractivity contribution in [3.8, 4) is 0 Å². The van der Waals surface area contributed by atoms with E-state index >= 15 is 0 Å². The van der Waals surface area contributed by atoms with Gasteiger partial charge in [0.1, 0.15) is 5.82 Å². The van der Waals surface area contributed by atoms with E-state index in [0.717, 1.165) is 12.1 Å². The van der Waals surface area contributed by atoms with Crippen molar-refractivity contribution < 1.29 is 9.18 Å². The molecule has 5 heteroatoms. The lowest BCUT2D eigenvalue weighted by atomic mass is 10.1. The molecule has 2 atom stereocenters. The summed E-state index contributed by atoms with van der Waals surface area (Å²) in [6.45, 7) is 0.475. The predicted octanol–water partition coefficient (Wildman–Crippen LogP) is 3.58. The van der Waals surface area contributed by atoms with Gasteiger partial charge in [-0.1, -0.05) is 18.2 Å². The molecule has 0 spiro atoms. The lowest BCUT2D eigenvalue weighted by molar-refractivity contribution is -0.122. The minimum Gasteiger partial charge on any atom is -0.350 e. The van der Waals surface area contributed by atoms with E-state index in [4.69, 9.17) is 0 Å². The zero-order valence-corrected chi connectivity index (χ0v) is 12.9. The van der Waals surface area contributed by atoms with Gasteiger partial charge in [-0.15, -0.1) is 11.3 Å². The van der Waals surface area contributed by atoms with Gasteiger partial charge in [0, 0.05) is 17.2 Å². The van der Waals surface area contributed by atoms with Crippen molar-refractivity contribution in [2.45, 2.75) is 37.6 Å². The van der Waals surface area contributed by atoms with E-state index in [1.165, 1.54) is 23.9 Å². The highest BCUT2D eigenvalue weighted by Gasteiger charge is 2.45. The Morgan fingerprint density at radius 3 is 2.95 bits per heavy atom. The van der Waals surface area contributed by atoms with Crippen molar-refractivity contribution in [1.29, 1.82) is 0 Å². The Balaban J connectivity index is 1.32. The molecular weight excluding hydrogens is 299 g/mol. The zero-order valence-electron chi connectivity index (χ0n) is 12.1. The van der Waals surface area contributed by atoms with Crippen LogP contribution >= 0.6 is 11.3 Å². The first-order chi connectivity index (χ1) is 10.7. The summed E-state index contributed by atoms with van der Waals surface area (Å²) in [5.41, 5.74) is 1.59. The minimum absolute atomic E-state index is 0.00854. The summed E-state index contributed by atoms with van der Waals surface area (Å²) in [6, 6.07) is 6.73. The van der Waals surface area contributed by atoms with Gasteiger partial charge in [-0.3, -0.25) is 4.79 Å². The second-order valence-electron chi connectivity index (χ2n) is 6.14. The minimum atomic E-state index is -0.212. The standard InChI is InChI=1S/C17H17FN2OS/c18-15-4-2-1-3-12(15)13-7-14(13)16(21)19-8-11-9-22-17(20-11)10-5-6-10/h1-4,9-10,13-14H,5-8H2,(H,19,21)/t13-,14-/m1/s1. The van der Waals surface area contributed by atoms with Crippen molar-refractivity contribution in [2.75, 3.05) is 0 Å². The number of nitrogens with one attached hydrogen (secondary N) is 1. The molecule has 2 aliphatic rings. The lowest BCUT2D eigenvalue weighted by Crippen LogP contribution is -2.25. The van der Waals surface area contributed by atoms with Gasteiger partial charge in [-0.25, -0.2) is 9.37 Å². The Morgan fingerprint density at radius 1 is 1.36 bits per heavy atom. The van der Waals surface area contributed by atoms with Gasteiger partial charge in [0.05, 0.1) is 17.2 Å². The number of benzene rings is 1. The van der Waals surface area contributed by atoms with Crippen molar-refractivity contribution in [3.05, 3.63) is 51.7 Å². The van der Waals surface area contributed by atoms with Crippen LogP contribution in [0.3, 0.4) is 0 Å². The Bertz CT molecular complexity index is 710. The maximum Gasteiger partial charge on any atom is 0.224 e. The van der Waals surface area contributed by atoms with E-state index in [1.807, 2.05) is 11.4 Å². The van der Waals surface area contributed by atoms with Gasteiger partial charge in [0.15, 0.2) is 0 Å². The molecule has 0 aliphatic heterocycles. The number of halogens is 1. The molecule has 2 fully saturated rings. The SMILES string of the molecule is O=C(NCc1csc(C2CC2)n1)[C@@H]1C[C@@H]1c1ccccc1F. The summed E-state index contributed by atoms with van der Waals surface area (Å²) < 4.78 is 13.7. The number of aromatic nitrogens is 1. The fourth-order valence-electron chi connectivity index (χ4n) is 2.83. The molecule has 0 unspecified atom stereocenters. The summed E-state index contributed by atoms with van der Waals surface area (Å²) in [4.78, 5) is 16.7. The van der Waals surface area contributed by atoms with Crippen LogP contribution in [0.2, 0.25) is 0 Å². The van der Waals surface area contributed by atoms with Gasteiger partial charge in [-0.2, -0.15) is 0 Å². The highest BCUT2D eigenvalue weighted by atomic mass is 32.1. The van der Waals surface area contributed by atoms with Crippen LogP contribution in [0.15, 0.2) is 29.6 Å². The maximum atomic E-state index is 13.7. The molecule has 114 valence electrons. The Hall–Kier alpha value is -1.75. The van der Waals surface area contributed by atoms with Gasteiger partial charge in [0.25, 0.3) is 0 Å². The third-order valence-electron chi connectivity index (χ3n) is 4.37. The predicted molar refractivity (Wildman–Crippen MR) is 83.2 cm³/mol. The number of carbonyl (C=O) groups excluding carboxylic acids is 1. The Labute approximate surface area is 132 Å². The first-order valence-corrected chi connectivity index (χ1v) is 8.57. The van der Waals surface area contributed by atoms with Crippen LogP contribution in [0.5, 0.6) is 0 Å². The number of nitrogens with zero attached hydrogens (tertiary/aromatic N) is 1. The molecule has 4 rings (SSSR count). The molecule has 0 saturated heterocycles. The van der Waals surface area contributed by atoms with E-state index in [-0.39, 0.29) is 23.6 Å². The molecule has 1 N–H and O–H groups in total. The summed E-state index contributed by atoms with van der Waals surface area (Å²) in [7, 11) is 0. The van der Waals surface area contributed by atoms with Crippen LogP contribution in [-0.4, -0.2) is 10.9 Å². The third-order valence-corrected chi connectivity index (χ3v) is 5.43. The first-order valence-electron chi connectivity index (χ1n) is 7.69. The molecule has 0 bridgehead atoms. The van der Waals surface area contributed by atoms with Crippen LogP contribution in [-0.2, 0) is 11.3 Å². The molecule has 22 heavy (non-hydrogen) atoms. The van der Waals surface area contributed by atoms with Gasteiger partial charge >= 0.3 is 0 Å². The summed E-state index contributed by atoms with van der Waals surface area (Å²) in [5.74, 6) is 0.381. The molecule has 1 amide bonds. The Kier molecular flexibility index (Phi) is 3.45. The normalized spacial score (nSPS) is 23.3. The topological polar surface area (TPSA) is 42.0 Å². The van der Waals surface area contributed by atoms with E-state index in [9.17, 15) is 9.18 Å². The molecule has 2 aliphatic carbocycles. The lowest BCUT2D eigenvalue weighted by Gasteiger charge is -2.04. The second kappa shape index (κ2) is 5.47. The molecule has 1 aromatic heterocycles. The summed E-state index contributed by atoms with van der Waals surface area (Å²) in [5, 5.41) is 6.15. The van der Waals surface area contributed by atoms with Crippen molar-refractivity contribution in [2.24, 2.45) is 5.92 Å². The van der Waals surface area contributed by atoms with E-state index < -0.39 is 0 Å². The van der Waals surface area contributed by atoms with Crippen molar-refractivity contribution >= 4 is 17.2 Å². The quantitative estimate of drug-likeness (QED) is 0.916. The monoisotopic (exact) mass is 316 g/mol. The smallest absolute Gasteiger partial charge is 0.224 e. The fraction of sp³-hybridized carbons (Fsp3) is 0.412. The second-order valence-corrected chi connectivity index (χ2v) is 7.03. The number of thiazole rings is 1. The molecular formula is C17H17FN2OS. The number of rotatable bonds is 5. The summed E-state index contributed by atoms with van der Waals surface area (Å²) >= 11 is 1.68. The van der Waals surface area contributed by atoms with E-state index in [2.05, 4.69) is 10.3 Å². The molecule has 2 aromatic rings. The first kappa shape index (κ1) is 13.9.